The van der Waals surface area contributed by atoms with Crippen molar-refractivity contribution in [3.8, 4) is 0 Å². The normalized spacial score (nSPS) is 11.7. The van der Waals surface area contributed by atoms with Crippen LogP contribution in [0.25, 0.3) is 0 Å². The van der Waals surface area contributed by atoms with Gasteiger partial charge >= 0.3 is 0 Å². The van der Waals surface area contributed by atoms with Gasteiger partial charge < -0.3 is 15.6 Å². The molecule has 126 valence electrons. The molecule has 0 aliphatic rings. The van der Waals surface area contributed by atoms with Crippen molar-refractivity contribution in [2.24, 2.45) is 0 Å². The lowest BCUT2D eigenvalue weighted by Gasteiger charge is -2.18. The van der Waals surface area contributed by atoms with Crippen molar-refractivity contribution >= 4 is 11.8 Å². The lowest BCUT2D eigenvalue weighted by Crippen LogP contribution is -2.40. The number of carbonyl (C=O) groups is 2. The summed E-state index contributed by atoms with van der Waals surface area (Å²) in [4.78, 5) is 38.5. The summed E-state index contributed by atoms with van der Waals surface area (Å²) in [6.07, 6.45) is 0. The van der Waals surface area contributed by atoms with E-state index < -0.39 is 35.0 Å². The molecule has 1 unspecified atom stereocenters. The molecule has 0 fully saturated rings. The van der Waals surface area contributed by atoms with Crippen molar-refractivity contribution in [1.82, 2.24) is 15.6 Å². The van der Waals surface area contributed by atoms with Crippen molar-refractivity contribution in [1.29, 1.82) is 0 Å². The Labute approximate surface area is 135 Å². The monoisotopic (exact) mass is 335 g/mol. The Morgan fingerprint density at radius 1 is 1.12 bits per heavy atom. The number of pyridine rings is 1. The topological polar surface area (TPSA) is 91.1 Å². The molecule has 0 spiro atoms. The molecule has 0 aliphatic carbocycles. The predicted molar refractivity (Wildman–Crippen MR) is 82.4 cm³/mol. The number of H-pyrrole nitrogens is 1. The largest absolute Gasteiger partial charge is 0.357 e. The Bertz CT molecular complexity index is 849. The van der Waals surface area contributed by atoms with E-state index in [1.54, 1.807) is 6.92 Å². The van der Waals surface area contributed by atoms with E-state index in [0.717, 1.165) is 12.1 Å². The Balaban J connectivity index is 2.35. The first-order chi connectivity index (χ1) is 11.3. The molecule has 2 amide bonds. The number of aromatic nitrogens is 1. The second kappa shape index (κ2) is 7.03. The van der Waals surface area contributed by atoms with Gasteiger partial charge in [0.2, 0.25) is 5.91 Å². The van der Waals surface area contributed by atoms with Crippen molar-refractivity contribution in [3.05, 3.63) is 69.1 Å². The van der Waals surface area contributed by atoms with E-state index in [1.165, 1.54) is 25.2 Å². The number of hydrogen-bond acceptors (Lipinski definition) is 3. The zero-order valence-corrected chi connectivity index (χ0v) is 12.9. The fourth-order valence-corrected chi connectivity index (χ4v) is 2.10. The number of nitrogens with one attached hydrogen (secondary N) is 3. The third-order valence-electron chi connectivity index (χ3n) is 3.36. The Morgan fingerprint density at radius 2 is 1.83 bits per heavy atom. The van der Waals surface area contributed by atoms with Gasteiger partial charge in [-0.1, -0.05) is 6.07 Å². The zero-order chi connectivity index (χ0) is 17.9. The molecule has 2 aromatic rings. The second-order valence-electron chi connectivity index (χ2n) is 5.08. The zero-order valence-electron chi connectivity index (χ0n) is 12.9. The van der Waals surface area contributed by atoms with E-state index in [1.807, 2.05) is 0 Å². The van der Waals surface area contributed by atoms with Gasteiger partial charge in [-0.2, -0.15) is 0 Å². The lowest BCUT2D eigenvalue weighted by molar-refractivity contribution is -0.122. The molecule has 8 heteroatoms. The first-order valence-electron chi connectivity index (χ1n) is 7.01. The highest BCUT2D eigenvalue weighted by atomic mass is 19.2. The molecule has 24 heavy (non-hydrogen) atoms. The molecule has 6 nitrogen and oxygen atoms in total. The number of benzene rings is 1. The van der Waals surface area contributed by atoms with Crippen molar-refractivity contribution in [2.45, 2.75) is 13.0 Å². The number of likely N-dealkylation sites (N-methyl/N-ethyl adjacent to an activating group) is 1. The van der Waals surface area contributed by atoms with Gasteiger partial charge in [0.15, 0.2) is 11.6 Å². The number of halogens is 2. The Hall–Kier alpha value is -3.03. The maximum absolute atomic E-state index is 13.4. The summed E-state index contributed by atoms with van der Waals surface area (Å²) in [5.41, 5.74) is -0.198. The molecule has 2 rings (SSSR count). The highest BCUT2D eigenvalue weighted by Gasteiger charge is 2.24. The van der Waals surface area contributed by atoms with E-state index in [0.29, 0.717) is 5.69 Å². The van der Waals surface area contributed by atoms with Gasteiger partial charge in [0.25, 0.3) is 11.5 Å². The van der Waals surface area contributed by atoms with Crippen LogP contribution in [-0.4, -0.2) is 23.8 Å². The standard InChI is InChI=1S/C16H15F2N3O3/c1-8-3-5-10(14(22)20-8)15(23)21-13(16(24)19-2)9-4-6-11(17)12(18)7-9/h3-7,13H,1-2H3,(H,19,24)(H,20,22)(H,21,23). The second-order valence-corrected chi connectivity index (χ2v) is 5.08. The van der Waals surface area contributed by atoms with Crippen LogP contribution in [0.3, 0.4) is 0 Å². The summed E-state index contributed by atoms with van der Waals surface area (Å²) >= 11 is 0. The van der Waals surface area contributed by atoms with Crippen molar-refractivity contribution in [3.63, 3.8) is 0 Å². The average Bonchev–Trinajstić information content (AvgIpc) is 2.54. The Kier molecular flexibility index (Phi) is 5.08. The fraction of sp³-hybridized carbons (Fsp3) is 0.188. The number of amides is 2. The van der Waals surface area contributed by atoms with Gasteiger partial charge in [-0.15, -0.1) is 0 Å². The number of hydrogen-bond donors (Lipinski definition) is 3. The summed E-state index contributed by atoms with van der Waals surface area (Å²) < 4.78 is 26.5. The highest BCUT2D eigenvalue weighted by molar-refractivity contribution is 5.97. The maximum atomic E-state index is 13.4. The molecule has 0 saturated heterocycles. The van der Waals surface area contributed by atoms with E-state index in [-0.39, 0.29) is 11.1 Å². The SMILES string of the molecule is CNC(=O)C(NC(=O)c1ccc(C)[nH]c1=O)c1ccc(F)c(F)c1. The summed E-state index contributed by atoms with van der Waals surface area (Å²) in [5.74, 6) is -3.67. The van der Waals surface area contributed by atoms with E-state index in [2.05, 4.69) is 15.6 Å². The third kappa shape index (κ3) is 3.65. The van der Waals surface area contributed by atoms with Crippen LogP contribution in [0.4, 0.5) is 8.78 Å². The number of aromatic amines is 1. The van der Waals surface area contributed by atoms with Crippen molar-refractivity contribution in [2.75, 3.05) is 7.05 Å². The van der Waals surface area contributed by atoms with Crippen LogP contribution in [0.1, 0.15) is 27.7 Å². The van der Waals surface area contributed by atoms with Crippen LogP contribution in [0.15, 0.2) is 35.1 Å². The molecule has 1 aromatic heterocycles. The molecule has 1 atom stereocenters. The molecule has 0 saturated carbocycles. The first kappa shape index (κ1) is 17.3. The lowest BCUT2D eigenvalue weighted by atomic mass is 10.0. The molecule has 1 heterocycles. The van der Waals surface area contributed by atoms with E-state index >= 15 is 0 Å². The molecule has 0 radical (unpaired) electrons. The van der Waals surface area contributed by atoms with Gasteiger partial charge in [-0.3, -0.25) is 14.4 Å². The molecule has 3 N–H and O–H groups in total. The van der Waals surface area contributed by atoms with Gasteiger partial charge in [-0.25, -0.2) is 8.78 Å². The van der Waals surface area contributed by atoms with Crippen LogP contribution in [0.2, 0.25) is 0 Å². The van der Waals surface area contributed by atoms with Gasteiger partial charge in [-0.05, 0) is 36.8 Å². The molecule has 1 aromatic carbocycles. The van der Waals surface area contributed by atoms with E-state index in [9.17, 15) is 23.2 Å². The van der Waals surface area contributed by atoms with Crippen molar-refractivity contribution < 1.29 is 18.4 Å². The van der Waals surface area contributed by atoms with Crippen LogP contribution in [-0.2, 0) is 4.79 Å². The Morgan fingerprint density at radius 3 is 2.42 bits per heavy atom. The molecular weight excluding hydrogens is 320 g/mol. The first-order valence-corrected chi connectivity index (χ1v) is 7.01. The van der Waals surface area contributed by atoms with Crippen LogP contribution in [0.5, 0.6) is 0 Å². The number of aryl methyl sites for hydroxylation is 1. The van der Waals surface area contributed by atoms with Gasteiger partial charge in [0.1, 0.15) is 11.6 Å². The van der Waals surface area contributed by atoms with Crippen LogP contribution < -0.4 is 16.2 Å². The minimum Gasteiger partial charge on any atom is -0.357 e. The number of carbonyl (C=O) groups excluding carboxylic acids is 2. The van der Waals surface area contributed by atoms with E-state index in [4.69, 9.17) is 0 Å². The predicted octanol–water partition coefficient (Wildman–Crippen LogP) is 1.18. The van der Waals surface area contributed by atoms with Crippen LogP contribution >= 0.6 is 0 Å². The minimum absolute atomic E-state index is 0.0464. The van der Waals surface area contributed by atoms with Gasteiger partial charge in [0.05, 0.1) is 0 Å². The van der Waals surface area contributed by atoms with Crippen LogP contribution in [0, 0.1) is 18.6 Å². The smallest absolute Gasteiger partial charge is 0.260 e. The quantitative estimate of drug-likeness (QED) is 0.783. The van der Waals surface area contributed by atoms with Gasteiger partial charge in [0, 0.05) is 12.7 Å². The molecular formula is C16H15F2N3O3. The molecule has 0 bridgehead atoms. The highest BCUT2D eigenvalue weighted by Crippen LogP contribution is 2.17. The third-order valence-corrected chi connectivity index (χ3v) is 3.36. The molecule has 0 aliphatic heterocycles. The minimum atomic E-state index is -1.28. The fourth-order valence-electron chi connectivity index (χ4n) is 2.10. The summed E-state index contributed by atoms with van der Waals surface area (Å²) in [7, 11) is 1.33. The summed E-state index contributed by atoms with van der Waals surface area (Å²) in [6.45, 7) is 1.65. The summed E-state index contributed by atoms with van der Waals surface area (Å²) in [5, 5.41) is 4.67. The summed E-state index contributed by atoms with van der Waals surface area (Å²) in [6, 6.07) is 4.41. The average molecular weight is 335 g/mol. The maximum Gasteiger partial charge on any atom is 0.260 e. The number of rotatable bonds is 4.